The normalized spacial score (nSPS) is 9.64. The Bertz CT molecular complexity index is 782. The molecule has 144 valence electrons. The van der Waals surface area contributed by atoms with Crippen LogP contribution in [0.5, 0.6) is 0 Å². The Labute approximate surface area is 165 Å². The molecule has 0 unspecified atom stereocenters. The standard InChI is InChI=1S/C12H14O4.C12H10/c1-3-15-11(13)9-5-7-10(8-6-9)12(14)16-4-2;1-3-7-11(8-4-1)12-9-5-2-6-10-12/h5-8H,3-4H2,1-2H3;1-10H. The van der Waals surface area contributed by atoms with E-state index in [9.17, 15) is 9.59 Å². The van der Waals surface area contributed by atoms with Gasteiger partial charge in [0.15, 0.2) is 0 Å². The van der Waals surface area contributed by atoms with E-state index >= 15 is 0 Å². The second kappa shape index (κ2) is 11.3. The van der Waals surface area contributed by atoms with Crippen LogP contribution in [-0.2, 0) is 9.47 Å². The number of ether oxygens (including phenoxy) is 2. The minimum Gasteiger partial charge on any atom is -0.462 e. The summed E-state index contributed by atoms with van der Waals surface area (Å²) in [4.78, 5) is 22.6. The minimum atomic E-state index is -0.391. The summed E-state index contributed by atoms with van der Waals surface area (Å²) in [6, 6.07) is 27.0. The molecule has 3 aromatic rings. The molecule has 3 rings (SSSR count). The highest BCUT2D eigenvalue weighted by Crippen LogP contribution is 2.17. The highest BCUT2D eigenvalue weighted by molar-refractivity contribution is 5.93. The molecule has 0 radical (unpaired) electrons. The Morgan fingerprint density at radius 3 is 1.18 bits per heavy atom. The van der Waals surface area contributed by atoms with Gasteiger partial charge in [-0.05, 0) is 49.2 Å². The molecule has 0 aromatic heterocycles. The second-order valence-electron chi connectivity index (χ2n) is 5.75. The van der Waals surface area contributed by atoms with Gasteiger partial charge in [0, 0.05) is 0 Å². The zero-order chi connectivity index (χ0) is 20.2. The number of rotatable bonds is 5. The molecule has 0 spiro atoms. The van der Waals surface area contributed by atoms with Crippen molar-refractivity contribution in [3.05, 3.63) is 96.1 Å². The van der Waals surface area contributed by atoms with Crippen LogP contribution in [-0.4, -0.2) is 25.2 Å². The van der Waals surface area contributed by atoms with E-state index in [-0.39, 0.29) is 0 Å². The van der Waals surface area contributed by atoms with E-state index in [0.29, 0.717) is 24.3 Å². The highest BCUT2D eigenvalue weighted by Gasteiger charge is 2.09. The quantitative estimate of drug-likeness (QED) is 0.560. The first-order chi connectivity index (χ1) is 13.7. The molecule has 0 N–H and O–H groups in total. The largest absolute Gasteiger partial charge is 0.462 e. The number of esters is 2. The van der Waals surface area contributed by atoms with Crippen molar-refractivity contribution in [3.8, 4) is 11.1 Å². The molecule has 0 bridgehead atoms. The van der Waals surface area contributed by atoms with Gasteiger partial charge in [-0.25, -0.2) is 9.59 Å². The van der Waals surface area contributed by atoms with Crippen LogP contribution in [0.4, 0.5) is 0 Å². The van der Waals surface area contributed by atoms with Crippen molar-refractivity contribution in [2.75, 3.05) is 13.2 Å². The summed E-state index contributed by atoms with van der Waals surface area (Å²) in [6.45, 7) is 4.15. The molecule has 0 saturated carbocycles. The van der Waals surface area contributed by atoms with Gasteiger partial charge in [-0.3, -0.25) is 0 Å². The molecular weight excluding hydrogens is 352 g/mol. The third-order valence-electron chi connectivity index (χ3n) is 3.79. The molecule has 0 aliphatic heterocycles. The lowest BCUT2D eigenvalue weighted by Crippen LogP contribution is -2.07. The van der Waals surface area contributed by atoms with Crippen molar-refractivity contribution in [1.29, 1.82) is 0 Å². The number of benzene rings is 3. The molecule has 0 aliphatic rings. The molecule has 0 heterocycles. The van der Waals surface area contributed by atoms with E-state index in [1.165, 1.54) is 11.1 Å². The summed E-state index contributed by atoms with van der Waals surface area (Å²) >= 11 is 0. The van der Waals surface area contributed by atoms with Gasteiger partial charge in [0.05, 0.1) is 24.3 Å². The van der Waals surface area contributed by atoms with E-state index in [4.69, 9.17) is 9.47 Å². The zero-order valence-corrected chi connectivity index (χ0v) is 16.1. The van der Waals surface area contributed by atoms with E-state index < -0.39 is 11.9 Å². The Morgan fingerprint density at radius 1 is 0.571 bits per heavy atom. The lowest BCUT2D eigenvalue weighted by molar-refractivity contribution is 0.0511. The van der Waals surface area contributed by atoms with E-state index in [2.05, 4.69) is 48.5 Å². The summed E-state index contributed by atoms with van der Waals surface area (Å²) in [5.41, 5.74) is 3.40. The Kier molecular flexibility index (Phi) is 8.47. The smallest absolute Gasteiger partial charge is 0.338 e. The summed E-state index contributed by atoms with van der Waals surface area (Å²) < 4.78 is 9.64. The van der Waals surface area contributed by atoms with Crippen molar-refractivity contribution < 1.29 is 19.1 Å². The molecule has 28 heavy (non-hydrogen) atoms. The van der Waals surface area contributed by atoms with E-state index in [1.807, 2.05) is 12.1 Å². The molecular formula is C24H24O4. The van der Waals surface area contributed by atoms with Crippen LogP contribution in [0.1, 0.15) is 34.6 Å². The maximum Gasteiger partial charge on any atom is 0.338 e. The zero-order valence-electron chi connectivity index (χ0n) is 16.1. The fourth-order valence-electron chi connectivity index (χ4n) is 2.43. The van der Waals surface area contributed by atoms with Crippen LogP contribution in [0.2, 0.25) is 0 Å². The monoisotopic (exact) mass is 376 g/mol. The molecule has 0 atom stereocenters. The van der Waals surface area contributed by atoms with Gasteiger partial charge in [0.25, 0.3) is 0 Å². The van der Waals surface area contributed by atoms with Crippen LogP contribution < -0.4 is 0 Å². The van der Waals surface area contributed by atoms with Gasteiger partial charge in [0.2, 0.25) is 0 Å². The van der Waals surface area contributed by atoms with Crippen LogP contribution in [0.15, 0.2) is 84.9 Å². The lowest BCUT2D eigenvalue weighted by Gasteiger charge is -2.03. The topological polar surface area (TPSA) is 52.6 Å². The first-order valence-corrected chi connectivity index (χ1v) is 9.20. The Morgan fingerprint density at radius 2 is 0.893 bits per heavy atom. The molecule has 3 aromatic carbocycles. The maximum absolute atomic E-state index is 11.3. The van der Waals surface area contributed by atoms with Crippen molar-refractivity contribution in [3.63, 3.8) is 0 Å². The van der Waals surface area contributed by atoms with Gasteiger partial charge in [-0.1, -0.05) is 60.7 Å². The third-order valence-corrected chi connectivity index (χ3v) is 3.79. The number of carbonyl (C=O) groups is 2. The van der Waals surface area contributed by atoms with Gasteiger partial charge >= 0.3 is 11.9 Å². The first kappa shape index (κ1) is 20.9. The number of carbonyl (C=O) groups excluding carboxylic acids is 2. The first-order valence-electron chi connectivity index (χ1n) is 9.20. The maximum atomic E-state index is 11.3. The second-order valence-corrected chi connectivity index (χ2v) is 5.75. The van der Waals surface area contributed by atoms with Crippen molar-refractivity contribution in [1.82, 2.24) is 0 Å². The molecule has 4 heteroatoms. The van der Waals surface area contributed by atoms with Crippen molar-refractivity contribution >= 4 is 11.9 Å². The molecule has 0 fully saturated rings. The van der Waals surface area contributed by atoms with Gasteiger partial charge in [-0.15, -0.1) is 0 Å². The van der Waals surface area contributed by atoms with Gasteiger partial charge < -0.3 is 9.47 Å². The van der Waals surface area contributed by atoms with E-state index in [1.54, 1.807) is 38.1 Å². The summed E-state index contributed by atoms with van der Waals surface area (Å²) in [5.74, 6) is -0.782. The molecule has 0 aliphatic carbocycles. The average Bonchev–Trinajstić information content (AvgIpc) is 2.76. The van der Waals surface area contributed by atoms with Crippen LogP contribution in [0.3, 0.4) is 0 Å². The predicted molar refractivity (Wildman–Crippen MR) is 110 cm³/mol. The van der Waals surface area contributed by atoms with Crippen LogP contribution in [0.25, 0.3) is 11.1 Å². The summed E-state index contributed by atoms with van der Waals surface area (Å²) in [7, 11) is 0. The van der Waals surface area contributed by atoms with Crippen molar-refractivity contribution in [2.45, 2.75) is 13.8 Å². The Balaban J connectivity index is 0.000000207. The van der Waals surface area contributed by atoms with Gasteiger partial charge in [0.1, 0.15) is 0 Å². The highest BCUT2D eigenvalue weighted by atomic mass is 16.5. The SMILES string of the molecule is CCOC(=O)c1ccc(C(=O)OCC)cc1.c1ccc(-c2ccccc2)cc1. The molecule has 0 amide bonds. The minimum absolute atomic E-state index is 0.332. The van der Waals surface area contributed by atoms with Crippen LogP contribution >= 0.6 is 0 Å². The summed E-state index contributed by atoms with van der Waals surface area (Å²) in [5, 5.41) is 0. The van der Waals surface area contributed by atoms with Gasteiger partial charge in [-0.2, -0.15) is 0 Å². The van der Waals surface area contributed by atoms with Crippen molar-refractivity contribution in [2.24, 2.45) is 0 Å². The van der Waals surface area contributed by atoms with E-state index in [0.717, 1.165) is 0 Å². The van der Waals surface area contributed by atoms with Crippen LogP contribution in [0, 0.1) is 0 Å². The fraction of sp³-hybridized carbons (Fsp3) is 0.167. The predicted octanol–water partition coefficient (Wildman–Crippen LogP) is 5.39. The number of hydrogen-bond donors (Lipinski definition) is 0. The number of hydrogen-bond acceptors (Lipinski definition) is 4. The third kappa shape index (κ3) is 6.40. The fourth-order valence-corrected chi connectivity index (χ4v) is 2.43. The molecule has 0 saturated heterocycles. The Hall–Kier alpha value is -3.40. The summed E-state index contributed by atoms with van der Waals surface area (Å²) in [6.07, 6.45) is 0. The molecule has 4 nitrogen and oxygen atoms in total. The average molecular weight is 376 g/mol. The lowest BCUT2D eigenvalue weighted by atomic mass is 10.1.